The summed E-state index contributed by atoms with van der Waals surface area (Å²) in [7, 11) is 0. The van der Waals surface area contributed by atoms with Crippen molar-refractivity contribution in [2.24, 2.45) is 11.1 Å². The number of benzene rings is 1. The fourth-order valence-corrected chi connectivity index (χ4v) is 3.77. The lowest BCUT2D eigenvalue weighted by Crippen LogP contribution is -2.40. The number of aryl methyl sites for hydroxylation is 1. The fraction of sp³-hybridized carbons (Fsp3) is 0.556. The molecule has 0 heterocycles. The van der Waals surface area contributed by atoms with Gasteiger partial charge in [0.05, 0.1) is 6.54 Å². The molecule has 7 heteroatoms. The minimum absolute atomic E-state index is 0. The van der Waals surface area contributed by atoms with Gasteiger partial charge in [0.25, 0.3) is 0 Å². The molecule has 1 aromatic carbocycles. The van der Waals surface area contributed by atoms with Crippen LogP contribution in [0.4, 0.5) is 5.69 Å². The standard InChI is InChI=1S/C18H26BrN3O2.ClH/c1-13-9-14(19)5-6-15(13)22-17(24)11-21-16(23)10-18(12-20)7-3-2-4-8-18;/h5-6,9H,2-4,7-8,10-12,20H2,1H3,(H,21,23)(H,22,24);1H. The van der Waals surface area contributed by atoms with Crippen LogP contribution < -0.4 is 16.4 Å². The molecule has 2 rings (SSSR count). The Balaban J connectivity index is 0.00000312. The summed E-state index contributed by atoms with van der Waals surface area (Å²) in [5.74, 6) is -0.316. The first kappa shape index (κ1) is 21.9. The smallest absolute Gasteiger partial charge is 0.243 e. The minimum Gasteiger partial charge on any atom is -0.347 e. The molecule has 2 amide bonds. The molecule has 0 radical (unpaired) electrons. The zero-order chi connectivity index (χ0) is 17.6. The highest BCUT2D eigenvalue weighted by molar-refractivity contribution is 9.10. The van der Waals surface area contributed by atoms with Gasteiger partial charge < -0.3 is 16.4 Å². The van der Waals surface area contributed by atoms with Gasteiger partial charge in [0.2, 0.25) is 11.8 Å². The second-order valence-corrected chi connectivity index (χ2v) is 7.64. The van der Waals surface area contributed by atoms with Gasteiger partial charge in [-0.05, 0) is 55.5 Å². The second kappa shape index (κ2) is 10.1. The highest BCUT2D eigenvalue weighted by Gasteiger charge is 2.32. The molecule has 0 atom stereocenters. The van der Waals surface area contributed by atoms with Crippen LogP contribution in [0.2, 0.25) is 0 Å². The lowest BCUT2D eigenvalue weighted by Gasteiger charge is -2.35. The number of halogens is 2. The second-order valence-electron chi connectivity index (χ2n) is 6.73. The van der Waals surface area contributed by atoms with Gasteiger partial charge >= 0.3 is 0 Å². The molecule has 1 aromatic rings. The van der Waals surface area contributed by atoms with Crippen molar-refractivity contribution in [1.29, 1.82) is 0 Å². The van der Waals surface area contributed by atoms with E-state index in [0.29, 0.717) is 13.0 Å². The molecular formula is C18H27BrClN3O2. The summed E-state index contributed by atoms with van der Waals surface area (Å²) in [6.45, 7) is 2.44. The normalized spacial score (nSPS) is 15.8. The first-order chi connectivity index (χ1) is 11.4. The van der Waals surface area contributed by atoms with Crippen molar-refractivity contribution in [3.05, 3.63) is 28.2 Å². The Bertz CT molecular complexity index is 604. The van der Waals surface area contributed by atoms with E-state index in [1.165, 1.54) is 6.42 Å². The number of nitrogens with two attached hydrogens (primary N) is 1. The summed E-state index contributed by atoms with van der Waals surface area (Å²) in [4.78, 5) is 24.2. The number of amides is 2. The lowest BCUT2D eigenvalue weighted by atomic mass is 9.71. The van der Waals surface area contributed by atoms with Crippen molar-refractivity contribution in [3.63, 3.8) is 0 Å². The summed E-state index contributed by atoms with van der Waals surface area (Å²) in [6, 6.07) is 5.64. The number of hydrogen-bond donors (Lipinski definition) is 3. The van der Waals surface area contributed by atoms with E-state index in [1.807, 2.05) is 25.1 Å². The monoisotopic (exact) mass is 431 g/mol. The van der Waals surface area contributed by atoms with E-state index in [0.717, 1.165) is 41.4 Å². The summed E-state index contributed by atoms with van der Waals surface area (Å²) < 4.78 is 0.964. The molecule has 25 heavy (non-hydrogen) atoms. The van der Waals surface area contributed by atoms with Gasteiger partial charge in [0.1, 0.15) is 0 Å². The molecule has 5 nitrogen and oxygen atoms in total. The van der Waals surface area contributed by atoms with Gasteiger partial charge in [0, 0.05) is 16.6 Å². The Kier molecular flexibility index (Phi) is 8.89. The first-order valence-corrected chi connectivity index (χ1v) is 9.26. The molecule has 0 unspecified atom stereocenters. The predicted molar refractivity (Wildman–Crippen MR) is 107 cm³/mol. The number of hydrogen-bond acceptors (Lipinski definition) is 3. The third kappa shape index (κ3) is 6.60. The Morgan fingerprint density at radius 1 is 1.20 bits per heavy atom. The average molecular weight is 433 g/mol. The molecule has 1 aliphatic carbocycles. The van der Waals surface area contributed by atoms with Crippen molar-refractivity contribution < 1.29 is 9.59 Å². The van der Waals surface area contributed by atoms with Crippen molar-refractivity contribution in [3.8, 4) is 0 Å². The topological polar surface area (TPSA) is 84.2 Å². The van der Waals surface area contributed by atoms with Crippen molar-refractivity contribution in [2.75, 3.05) is 18.4 Å². The van der Waals surface area contributed by atoms with Gasteiger partial charge in [-0.2, -0.15) is 0 Å². The highest BCUT2D eigenvalue weighted by Crippen LogP contribution is 2.38. The quantitative estimate of drug-likeness (QED) is 0.643. The van der Waals surface area contributed by atoms with Crippen LogP contribution in [0.5, 0.6) is 0 Å². The van der Waals surface area contributed by atoms with Crippen LogP contribution in [-0.2, 0) is 9.59 Å². The van der Waals surface area contributed by atoms with Crippen LogP contribution in [0, 0.1) is 12.3 Å². The molecule has 1 saturated carbocycles. The third-order valence-electron chi connectivity index (χ3n) is 4.79. The van der Waals surface area contributed by atoms with Gasteiger partial charge in [-0.3, -0.25) is 9.59 Å². The van der Waals surface area contributed by atoms with Crippen molar-refractivity contribution in [1.82, 2.24) is 5.32 Å². The Hall–Kier alpha value is -1.11. The third-order valence-corrected chi connectivity index (χ3v) is 5.28. The minimum atomic E-state index is -0.223. The summed E-state index contributed by atoms with van der Waals surface area (Å²) in [5.41, 5.74) is 7.55. The predicted octanol–water partition coefficient (Wildman–Crippen LogP) is 3.53. The molecule has 0 spiro atoms. The molecule has 0 aromatic heterocycles. The van der Waals surface area contributed by atoms with E-state index < -0.39 is 0 Å². The van der Waals surface area contributed by atoms with Gasteiger partial charge in [-0.15, -0.1) is 12.4 Å². The molecule has 0 aliphatic heterocycles. The molecule has 4 N–H and O–H groups in total. The van der Waals surface area contributed by atoms with Crippen molar-refractivity contribution >= 4 is 45.8 Å². The van der Waals surface area contributed by atoms with Crippen LogP contribution >= 0.6 is 28.3 Å². The molecule has 1 fully saturated rings. The van der Waals surface area contributed by atoms with Gasteiger partial charge in [-0.25, -0.2) is 0 Å². The molecular weight excluding hydrogens is 406 g/mol. The largest absolute Gasteiger partial charge is 0.347 e. The number of rotatable bonds is 6. The van der Waals surface area contributed by atoms with E-state index in [-0.39, 0.29) is 36.2 Å². The summed E-state index contributed by atoms with van der Waals surface area (Å²) in [6.07, 6.45) is 5.90. The maximum Gasteiger partial charge on any atom is 0.243 e. The fourth-order valence-electron chi connectivity index (χ4n) is 3.30. The number of nitrogens with one attached hydrogen (secondary N) is 2. The zero-order valence-electron chi connectivity index (χ0n) is 14.6. The average Bonchev–Trinajstić information content (AvgIpc) is 2.56. The van der Waals surface area contributed by atoms with Crippen molar-refractivity contribution in [2.45, 2.75) is 45.4 Å². The maximum atomic E-state index is 12.2. The van der Waals surface area contributed by atoms with Crippen LogP contribution in [0.1, 0.15) is 44.1 Å². The van der Waals surface area contributed by atoms with Gasteiger partial charge in [-0.1, -0.05) is 35.2 Å². The SMILES string of the molecule is Cc1cc(Br)ccc1NC(=O)CNC(=O)CC1(CN)CCCCC1.Cl. The van der Waals surface area contributed by atoms with E-state index in [1.54, 1.807) is 0 Å². The summed E-state index contributed by atoms with van der Waals surface area (Å²) >= 11 is 3.39. The maximum absolute atomic E-state index is 12.2. The zero-order valence-corrected chi connectivity index (χ0v) is 17.0. The molecule has 0 bridgehead atoms. The van der Waals surface area contributed by atoms with Crippen LogP contribution in [-0.4, -0.2) is 24.9 Å². The van der Waals surface area contributed by atoms with Crippen LogP contribution in [0.15, 0.2) is 22.7 Å². The summed E-state index contributed by atoms with van der Waals surface area (Å²) in [5, 5.41) is 5.54. The van der Waals surface area contributed by atoms with E-state index in [2.05, 4.69) is 26.6 Å². The van der Waals surface area contributed by atoms with E-state index in [9.17, 15) is 9.59 Å². The van der Waals surface area contributed by atoms with E-state index in [4.69, 9.17) is 5.73 Å². The van der Waals surface area contributed by atoms with E-state index >= 15 is 0 Å². The Morgan fingerprint density at radius 2 is 1.88 bits per heavy atom. The molecule has 140 valence electrons. The number of anilines is 1. The number of carbonyl (C=O) groups excluding carboxylic acids is 2. The van der Waals surface area contributed by atoms with Crippen LogP contribution in [0.3, 0.4) is 0 Å². The highest BCUT2D eigenvalue weighted by atomic mass is 79.9. The number of carbonyl (C=O) groups is 2. The Morgan fingerprint density at radius 3 is 2.48 bits per heavy atom. The Labute approximate surface area is 164 Å². The van der Waals surface area contributed by atoms with Crippen LogP contribution in [0.25, 0.3) is 0 Å². The molecule has 1 aliphatic rings. The lowest BCUT2D eigenvalue weighted by molar-refractivity contribution is -0.126. The molecule has 0 saturated heterocycles. The van der Waals surface area contributed by atoms with Gasteiger partial charge in [0.15, 0.2) is 0 Å². The first-order valence-electron chi connectivity index (χ1n) is 8.47.